The van der Waals surface area contributed by atoms with Crippen molar-refractivity contribution in [3.8, 4) is 0 Å². The van der Waals surface area contributed by atoms with E-state index < -0.39 is 11.5 Å². The molecule has 6 heteroatoms. The number of nitrogens with zero attached hydrogens (tertiary/aromatic N) is 2. The Labute approximate surface area is 134 Å². The molecule has 3 rings (SSSR count). The third-order valence-electron chi connectivity index (χ3n) is 4.58. The first kappa shape index (κ1) is 15.7. The van der Waals surface area contributed by atoms with E-state index in [0.29, 0.717) is 24.0 Å². The Morgan fingerprint density at radius 2 is 2.30 bits per heavy atom. The van der Waals surface area contributed by atoms with E-state index in [2.05, 4.69) is 10.4 Å². The van der Waals surface area contributed by atoms with Crippen molar-refractivity contribution < 1.29 is 14.3 Å². The SMILES string of the molecule is Cn1cc([C@@H](O)CNC(=O)C2(c3cccc(F)c3)CCC2)cn1. The first-order valence-electron chi connectivity index (χ1n) is 7.72. The number of nitrogens with one attached hydrogen (secondary N) is 1. The zero-order chi connectivity index (χ0) is 16.4. The maximum Gasteiger partial charge on any atom is 0.230 e. The molecule has 23 heavy (non-hydrogen) atoms. The normalized spacial score (nSPS) is 17.3. The fraction of sp³-hybridized carbons (Fsp3) is 0.412. The molecule has 0 saturated heterocycles. The van der Waals surface area contributed by atoms with Crippen LogP contribution in [-0.4, -0.2) is 27.3 Å². The van der Waals surface area contributed by atoms with Gasteiger partial charge in [0.1, 0.15) is 5.82 Å². The molecule has 1 heterocycles. The molecule has 1 atom stereocenters. The summed E-state index contributed by atoms with van der Waals surface area (Å²) in [6.45, 7) is 0.113. The van der Waals surface area contributed by atoms with Gasteiger partial charge in [-0.15, -0.1) is 0 Å². The van der Waals surface area contributed by atoms with Gasteiger partial charge in [0.25, 0.3) is 0 Å². The Balaban J connectivity index is 1.69. The number of aliphatic hydroxyl groups excluding tert-OH is 1. The lowest BCUT2D eigenvalue weighted by Gasteiger charge is -2.40. The topological polar surface area (TPSA) is 67.2 Å². The Kier molecular flexibility index (Phi) is 4.17. The molecule has 2 N–H and O–H groups in total. The summed E-state index contributed by atoms with van der Waals surface area (Å²) in [7, 11) is 1.77. The van der Waals surface area contributed by atoms with Crippen molar-refractivity contribution in [2.24, 2.45) is 7.05 Å². The first-order chi connectivity index (χ1) is 11.0. The molecular weight excluding hydrogens is 297 g/mol. The lowest BCUT2D eigenvalue weighted by Crippen LogP contribution is -2.50. The fourth-order valence-corrected chi connectivity index (χ4v) is 3.05. The van der Waals surface area contributed by atoms with Crippen LogP contribution in [0.3, 0.4) is 0 Å². The second-order valence-corrected chi connectivity index (χ2v) is 6.12. The van der Waals surface area contributed by atoms with Crippen LogP contribution < -0.4 is 5.32 Å². The highest BCUT2D eigenvalue weighted by molar-refractivity contribution is 5.89. The van der Waals surface area contributed by atoms with E-state index in [1.165, 1.54) is 12.1 Å². The minimum atomic E-state index is -0.808. The molecule has 122 valence electrons. The van der Waals surface area contributed by atoms with Crippen molar-refractivity contribution in [1.82, 2.24) is 15.1 Å². The number of hydrogen-bond donors (Lipinski definition) is 2. The predicted octanol–water partition coefficient (Wildman–Crippen LogP) is 1.83. The van der Waals surface area contributed by atoms with Crippen molar-refractivity contribution in [2.75, 3.05) is 6.54 Å². The molecule has 1 aromatic carbocycles. The van der Waals surface area contributed by atoms with Gasteiger partial charge in [-0.3, -0.25) is 9.48 Å². The van der Waals surface area contributed by atoms with Crippen molar-refractivity contribution in [3.05, 3.63) is 53.6 Å². The van der Waals surface area contributed by atoms with Gasteiger partial charge in [0.05, 0.1) is 17.7 Å². The summed E-state index contributed by atoms with van der Waals surface area (Å²) >= 11 is 0. The number of benzene rings is 1. The van der Waals surface area contributed by atoms with Crippen LogP contribution in [0.2, 0.25) is 0 Å². The van der Waals surface area contributed by atoms with Gasteiger partial charge in [0.15, 0.2) is 0 Å². The number of hydrogen-bond acceptors (Lipinski definition) is 3. The molecule has 0 aliphatic heterocycles. The van der Waals surface area contributed by atoms with Gasteiger partial charge in [-0.25, -0.2) is 4.39 Å². The molecule has 5 nitrogen and oxygen atoms in total. The van der Waals surface area contributed by atoms with E-state index in [-0.39, 0.29) is 18.3 Å². The van der Waals surface area contributed by atoms with Crippen LogP contribution in [0.1, 0.15) is 36.5 Å². The smallest absolute Gasteiger partial charge is 0.230 e. The van der Waals surface area contributed by atoms with Crippen LogP contribution in [0, 0.1) is 5.82 Å². The highest BCUT2D eigenvalue weighted by Crippen LogP contribution is 2.44. The van der Waals surface area contributed by atoms with Crippen LogP contribution in [0.15, 0.2) is 36.7 Å². The van der Waals surface area contributed by atoms with E-state index in [1.54, 1.807) is 36.3 Å². The van der Waals surface area contributed by atoms with Crippen molar-refractivity contribution >= 4 is 5.91 Å². The highest BCUT2D eigenvalue weighted by atomic mass is 19.1. The number of aliphatic hydroxyl groups is 1. The summed E-state index contributed by atoms with van der Waals surface area (Å²) in [5.41, 5.74) is 0.690. The van der Waals surface area contributed by atoms with Crippen LogP contribution in [-0.2, 0) is 17.3 Å². The average Bonchev–Trinajstić information content (AvgIpc) is 2.90. The molecule has 0 bridgehead atoms. The second-order valence-electron chi connectivity index (χ2n) is 6.12. The molecule has 1 aromatic heterocycles. The lowest BCUT2D eigenvalue weighted by molar-refractivity contribution is -0.130. The summed E-state index contributed by atoms with van der Waals surface area (Å²) in [4.78, 5) is 12.6. The van der Waals surface area contributed by atoms with Gasteiger partial charge in [0.2, 0.25) is 5.91 Å². The maximum atomic E-state index is 13.5. The molecular formula is C17H20FN3O2. The Morgan fingerprint density at radius 3 is 2.87 bits per heavy atom. The number of aromatic nitrogens is 2. The summed E-state index contributed by atoms with van der Waals surface area (Å²) < 4.78 is 15.1. The summed E-state index contributed by atoms with van der Waals surface area (Å²) in [6, 6.07) is 6.22. The number of carbonyl (C=O) groups is 1. The van der Waals surface area contributed by atoms with Gasteiger partial charge in [-0.1, -0.05) is 18.6 Å². The number of aryl methyl sites for hydroxylation is 1. The largest absolute Gasteiger partial charge is 0.386 e. The Hall–Kier alpha value is -2.21. The number of halogens is 1. The van der Waals surface area contributed by atoms with Crippen molar-refractivity contribution in [2.45, 2.75) is 30.8 Å². The van der Waals surface area contributed by atoms with Crippen molar-refractivity contribution in [3.63, 3.8) is 0 Å². The van der Waals surface area contributed by atoms with E-state index >= 15 is 0 Å². The van der Waals surface area contributed by atoms with E-state index in [4.69, 9.17) is 0 Å². The molecule has 1 aliphatic rings. The van der Waals surface area contributed by atoms with Gasteiger partial charge in [-0.2, -0.15) is 5.10 Å². The quantitative estimate of drug-likeness (QED) is 0.884. The summed E-state index contributed by atoms with van der Waals surface area (Å²) in [6.07, 6.45) is 4.81. The molecule has 0 spiro atoms. The van der Waals surface area contributed by atoms with Gasteiger partial charge in [-0.05, 0) is 30.5 Å². The minimum Gasteiger partial charge on any atom is -0.386 e. The Bertz CT molecular complexity index is 709. The molecule has 0 radical (unpaired) electrons. The molecule has 1 aliphatic carbocycles. The van der Waals surface area contributed by atoms with Crippen molar-refractivity contribution in [1.29, 1.82) is 0 Å². The standard InChI is InChI=1S/C17H20FN3O2/c1-21-11-12(9-20-21)15(22)10-19-16(23)17(6-3-7-17)13-4-2-5-14(18)8-13/h2,4-5,8-9,11,15,22H,3,6-7,10H2,1H3,(H,19,23)/t15-/m0/s1. The van der Waals surface area contributed by atoms with Gasteiger partial charge < -0.3 is 10.4 Å². The molecule has 2 aromatic rings. The summed E-state index contributed by atoms with van der Waals surface area (Å²) in [5, 5.41) is 16.9. The second kappa shape index (κ2) is 6.12. The Morgan fingerprint density at radius 1 is 1.52 bits per heavy atom. The fourth-order valence-electron chi connectivity index (χ4n) is 3.05. The lowest BCUT2D eigenvalue weighted by atomic mass is 9.63. The van der Waals surface area contributed by atoms with Crippen LogP contribution >= 0.6 is 0 Å². The maximum absolute atomic E-state index is 13.5. The van der Waals surface area contributed by atoms with Gasteiger partial charge >= 0.3 is 0 Å². The third-order valence-corrected chi connectivity index (χ3v) is 4.58. The van der Waals surface area contributed by atoms with Gasteiger partial charge in [0, 0.05) is 25.4 Å². The zero-order valence-corrected chi connectivity index (χ0v) is 13.0. The first-order valence-corrected chi connectivity index (χ1v) is 7.72. The van der Waals surface area contributed by atoms with E-state index in [9.17, 15) is 14.3 Å². The number of rotatable bonds is 5. The van der Waals surface area contributed by atoms with Crippen LogP contribution in [0.4, 0.5) is 4.39 Å². The predicted molar refractivity (Wildman–Crippen MR) is 83.1 cm³/mol. The molecule has 1 fully saturated rings. The minimum absolute atomic E-state index is 0.113. The molecule has 1 saturated carbocycles. The monoisotopic (exact) mass is 317 g/mol. The number of amides is 1. The average molecular weight is 317 g/mol. The highest BCUT2D eigenvalue weighted by Gasteiger charge is 2.45. The summed E-state index contributed by atoms with van der Waals surface area (Å²) in [5.74, 6) is -0.491. The third kappa shape index (κ3) is 2.99. The van der Waals surface area contributed by atoms with E-state index in [0.717, 1.165) is 6.42 Å². The number of carbonyl (C=O) groups excluding carboxylic acids is 1. The van der Waals surface area contributed by atoms with Crippen LogP contribution in [0.25, 0.3) is 0 Å². The zero-order valence-electron chi connectivity index (χ0n) is 13.0. The van der Waals surface area contributed by atoms with E-state index in [1.807, 2.05) is 0 Å². The molecule has 0 unspecified atom stereocenters. The van der Waals surface area contributed by atoms with Crippen LogP contribution in [0.5, 0.6) is 0 Å². The molecule has 1 amide bonds.